The molecular weight excluding hydrogens is 712 g/mol. The van der Waals surface area contributed by atoms with Gasteiger partial charge < -0.3 is 20.5 Å². The third-order valence-corrected chi connectivity index (χ3v) is 12.4. The average molecular weight is 769 g/mol. The van der Waals surface area contributed by atoms with Gasteiger partial charge in [-0.1, -0.05) is 70.9 Å². The Kier molecular flexibility index (Phi) is 13.6. The molecule has 2 aromatic carbocycles. The summed E-state index contributed by atoms with van der Waals surface area (Å²) in [4.78, 5) is 61.8. The number of amides is 2. The highest BCUT2D eigenvalue weighted by Crippen LogP contribution is 2.41. The van der Waals surface area contributed by atoms with Crippen LogP contribution in [-0.4, -0.2) is 65.5 Å². The molecule has 2 heterocycles. The van der Waals surface area contributed by atoms with Gasteiger partial charge in [0.15, 0.2) is 5.78 Å². The van der Waals surface area contributed by atoms with Gasteiger partial charge in [0.05, 0.1) is 11.1 Å². The third kappa shape index (κ3) is 9.85. The van der Waals surface area contributed by atoms with E-state index in [1.165, 1.54) is 24.3 Å². The highest BCUT2D eigenvalue weighted by Gasteiger charge is 2.47. The van der Waals surface area contributed by atoms with E-state index < -0.39 is 40.8 Å². The Morgan fingerprint density at radius 3 is 2.22 bits per heavy atom. The number of para-hydroxylation sites is 1. The van der Waals surface area contributed by atoms with E-state index in [9.17, 15) is 36.7 Å². The number of carbonyl (C=O) groups excluding carboxylic acids is 4. The van der Waals surface area contributed by atoms with Crippen molar-refractivity contribution in [1.29, 1.82) is 0 Å². The number of hydrogen-bond acceptors (Lipinski definition) is 5. The van der Waals surface area contributed by atoms with Crippen molar-refractivity contribution in [2.24, 2.45) is 29.6 Å². The van der Waals surface area contributed by atoms with Crippen molar-refractivity contribution in [2.45, 2.75) is 104 Å². The number of hydrogen-bond donors (Lipinski definition) is 3. The number of aromatic nitrogens is 1. The fourth-order valence-corrected chi connectivity index (χ4v) is 8.33. The largest absolute Gasteiger partial charge is 0.418 e. The number of fused-ring (bicyclic) bond motifs is 3. The van der Waals surface area contributed by atoms with Gasteiger partial charge in [0.1, 0.15) is 17.1 Å². The highest BCUT2D eigenvalue weighted by atomic mass is 19.4. The molecule has 1 saturated heterocycles. The standard InChI is InChI=1S/C43H56F4N4O4/c1-6-26(3)32(22-30(52)21-29-11-8-9-14-36(29)44)41(55)50-42(18-15-37-34(24-42)31-12-10-13-35(39(31)49-37)43(45,46)47)38(53)23-33(27(4)7-2)40(54)48-25-28-16-19-51(5)20-17-28/h8-14,26-28,32-33,49H,6-7,15-25H2,1-5H3,(H,48,54)(H,50,55)/t26?,27?,32-,33-,42+/m0/s1. The van der Waals surface area contributed by atoms with Gasteiger partial charge >= 0.3 is 6.18 Å². The van der Waals surface area contributed by atoms with Gasteiger partial charge in [-0.3, -0.25) is 19.2 Å². The van der Waals surface area contributed by atoms with E-state index in [2.05, 4.69) is 27.6 Å². The molecule has 1 aromatic heterocycles. The maximum atomic E-state index is 14.9. The molecular formula is C43H56F4N4O4. The van der Waals surface area contributed by atoms with Crippen LogP contribution in [0.1, 0.15) is 95.0 Å². The molecule has 2 aliphatic rings. The quantitative estimate of drug-likeness (QED) is 0.130. The van der Waals surface area contributed by atoms with Crippen molar-refractivity contribution in [3.05, 3.63) is 70.7 Å². The summed E-state index contributed by atoms with van der Waals surface area (Å²) in [6.07, 6.45) is -1.85. The van der Waals surface area contributed by atoms with Crippen LogP contribution in [0.4, 0.5) is 17.6 Å². The number of likely N-dealkylation sites (tertiary alicyclic amines) is 1. The summed E-state index contributed by atoms with van der Waals surface area (Å²) in [5, 5.41) is 6.51. The Morgan fingerprint density at radius 1 is 0.927 bits per heavy atom. The normalized spacial score (nSPS) is 20.3. The van der Waals surface area contributed by atoms with Crippen molar-refractivity contribution < 1.29 is 36.7 Å². The van der Waals surface area contributed by atoms with Gasteiger partial charge in [-0.25, -0.2) is 4.39 Å². The van der Waals surface area contributed by atoms with Crippen LogP contribution in [0.25, 0.3) is 10.9 Å². The van der Waals surface area contributed by atoms with Crippen LogP contribution >= 0.6 is 0 Å². The van der Waals surface area contributed by atoms with Crippen LogP contribution in [0.5, 0.6) is 0 Å². The second-order valence-corrected chi connectivity index (χ2v) is 16.2. The van der Waals surface area contributed by atoms with Crippen LogP contribution in [0.15, 0.2) is 42.5 Å². The topological polar surface area (TPSA) is 111 Å². The van der Waals surface area contributed by atoms with E-state index in [-0.39, 0.29) is 78.9 Å². The number of carbonyl (C=O) groups is 4. The summed E-state index contributed by atoms with van der Waals surface area (Å²) >= 11 is 0. The van der Waals surface area contributed by atoms with Crippen LogP contribution in [-0.2, 0) is 44.6 Å². The van der Waals surface area contributed by atoms with Gasteiger partial charge in [0.25, 0.3) is 0 Å². The Bertz CT molecular complexity index is 1850. The van der Waals surface area contributed by atoms with Gasteiger partial charge in [0.2, 0.25) is 11.8 Å². The molecule has 12 heteroatoms. The molecule has 55 heavy (non-hydrogen) atoms. The third-order valence-electron chi connectivity index (χ3n) is 12.4. The first-order valence-electron chi connectivity index (χ1n) is 19.8. The number of nitrogens with zero attached hydrogens (tertiary/aromatic N) is 1. The molecule has 5 rings (SSSR count). The molecule has 2 unspecified atom stereocenters. The second kappa shape index (κ2) is 17.8. The molecule has 1 fully saturated rings. The van der Waals surface area contributed by atoms with E-state index in [4.69, 9.17) is 0 Å². The van der Waals surface area contributed by atoms with Crippen LogP contribution in [0.3, 0.4) is 0 Å². The summed E-state index contributed by atoms with van der Waals surface area (Å²) in [7, 11) is 2.07. The molecule has 0 spiro atoms. The summed E-state index contributed by atoms with van der Waals surface area (Å²) in [5.41, 5.74) is -1.13. The zero-order valence-corrected chi connectivity index (χ0v) is 32.7. The first-order chi connectivity index (χ1) is 26.1. The molecule has 1 aliphatic carbocycles. The number of nitrogens with one attached hydrogen (secondary N) is 3. The van der Waals surface area contributed by atoms with Gasteiger partial charge in [-0.2, -0.15) is 13.2 Å². The van der Waals surface area contributed by atoms with E-state index in [1.807, 2.05) is 27.7 Å². The maximum absolute atomic E-state index is 14.9. The summed E-state index contributed by atoms with van der Waals surface area (Å²) in [6, 6.07) is 9.92. The molecule has 300 valence electrons. The number of benzene rings is 2. The van der Waals surface area contributed by atoms with Crippen molar-refractivity contribution in [2.75, 3.05) is 26.7 Å². The van der Waals surface area contributed by atoms with E-state index in [0.29, 0.717) is 41.9 Å². The first-order valence-corrected chi connectivity index (χ1v) is 19.8. The minimum Gasteiger partial charge on any atom is -0.358 e. The van der Waals surface area contributed by atoms with Crippen molar-refractivity contribution in [3.8, 4) is 0 Å². The van der Waals surface area contributed by atoms with Crippen LogP contribution < -0.4 is 10.6 Å². The zero-order valence-electron chi connectivity index (χ0n) is 32.7. The summed E-state index contributed by atoms with van der Waals surface area (Å²) < 4.78 is 56.8. The van der Waals surface area contributed by atoms with E-state index in [1.54, 1.807) is 12.1 Å². The van der Waals surface area contributed by atoms with Crippen LogP contribution in [0, 0.1) is 35.4 Å². The van der Waals surface area contributed by atoms with Crippen molar-refractivity contribution in [1.82, 2.24) is 20.5 Å². The molecule has 3 aromatic rings. The summed E-state index contributed by atoms with van der Waals surface area (Å²) in [6.45, 7) is 10.0. The number of piperidine rings is 1. The highest BCUT2D eigenvalue weighted by molar-refractivity contribution is 5.99. The van der Waals surface area contributed by atoms with Crippen molar-refractivity contribution >= 4 is 34.3 Å². The number of H-pyrrole nitrogens is 1. The molecule has 0 bridgehead atoms. The van der Waals surface area contributed by atoms with E-state index in [0.717, 1.165) is 32.0 Å². The maximum Gasteiger partial charge on any atom is 0.418 e. The molecule has 0 radical (unpaired) electrons. The smallest absolute Gasteiger partial charge is 0.358 e. The number of ketones is 2. The van der Waals surface area contributed by atoms with Gasteiger partial charge in [0, 0.05) is 55.1 Å². The monoisotopic (exact) mass is 768 g/mol. The fourth-order valence-electron chi connectivity index (χ4n) is 8.33. The Balaban J connectivity index is 1.47. The number of aromatic amines is 1. The minimum absolute atomic E-state index is 0.0726. The molecule has 1 aliphatic heterocycles. The lowest BCUT2D eigenvalue weighted by Crippen LogP contribution is -2.60. The molecule has 0 saturated carbocycles. The predicted molar refractivity (Wildman–Crippen MR) is 205 cm³/mol. The first kappa shape index (κ1) is 42.1. The Hall–Kier alpha value is -4.06. The molecule has 3 N–H and O–H groups in total. The van der Waals surface area contributed by atoms with Crippen molar-refractivity contribution in [3.63, 3.8) is 0 Å². The Morgan fingerprint density at radius 2 is 1.58 bits per heavy atom. The van der Waals surface area contributed by atoms with E-state index >= 15 is 0 Å². The molecule has 2 amide bonds. The van der Waals surface area contributed by atoms with Gasteiger partial charge in [-0.15, -0.1) is 0 Å². The van der Waals surface area contributed by atoms with Gasteiger partial charge in [-0.05, 0) is 86.8 Å². The average Bonchev–Trinajstić information content (AvgIpc) is 3.53. The predicted octanol–water partition coefficient (Wildman–Crippen LogP) is 7.61. The van der Waals surface area contributed by atoms with Crippen LogP contribution in [0.2, 0.25) is 0 Å². The lowest BCUT2D eigenvalue weighted by Gasteiger charge is -2.39. The Labute approximate surface area is 321 Å². The SMILES string of the molecule is CCC(C)[C@H](CC(=O)[C@@]1(NC(=O)[C@@H](CC(=O)Cc2ccccc2F)C(C)CC)CCc2[nH]c3c(C(F)(F)F)cccc3c2C1)C(=O)NCC1CCN(C)CC1. The number of aryl methyl sites for hydroxylation is 1. The lowest BCUT2D eigenvalue weighted by atomic mass is 9.72. The fraction of sp³-hybridized carbons (Fsp3) is 0.581. The summed E-state index contributed by atoms with van der Waals surface area (Å²) in [5.74, 6) is -3.60. The molecule has 5 atom stereocenters. The number of alkyl halides is 3. The number of Topliss-reactive ketones (excluding diaryl/α,β-unsaturated/α-hetero) is 2. The minimum atomic E-state index is -4.61. The number of halogens is 4. The number of rotatable bonds is 16. The second-order valence-electron chi connectivity index (χ2n) is 16.2. The molecule has 8 nitrogen and oxygen atoms in total. The zero-order chi connectivity index (χ0) is 40.1. The lowest BCUT2D eigenvalue weighted by molar-refractivity contribution is -0.139.